The van der Waals surface area contributed by atoms with Crippen LogP contribution in [0.25, 0.3) is 0 Å². The highest BCUT2D eigenvalue weighted by atomic mass is 35.5. The predicted molar refractivity (Wildman–Crippen MR) is 138 cm³/mol. The fourth-order valence-electron chi connectivity index (χ4n) is 6.28. The standard InChI is InChI=1S/C27H34N2O2.2ClH/c30-26-19-24-23(12-7-15-29(24)27(31)22-10-5-2-6-11-22)18-25(26)28-16-13-21(14-17-28)20-8-3-1-4-9-20;;/h1-6,8-11,21,23-26,30H,7,12-19H2;2*1H. The molecule has 0 aromatic heterocycles. The van der Waals surface area contributed by atoms with Gasteiger partial charge in [0.05, 0.1) is 6.10 Å². The third-order valence-corrected chi connectivity index (χ3v) is 7.94. The second-order valence-electron chi connectivity index (χ2n) is 9.66. The van der Waals surface area contributed by atoms with Gasteiger partial charge in [0, 0.05) is 24.2 Å². The molecule has 5 rings (SSSR count). The second-order valence-corrected chi connectivity index (χ2v) is 9.66. The van der Waals surface area contributed by atoms with Crippen LogP contribution in [0.4, 0.5) is 0 Å². The molecule has 0 spiro atoms. The van der Waals surface area contributed by atoms with Crippen LogP contribution in [-0.2, 0) is 0 Å². The van der Waals surface area contributed by atoms with Crippen molar-refractivity contribution in [3.05, 3.63) is 71.8 Å². The Morgan fingerprint density at radius 3 is 2.09 bits per heavy atom. The van der Waals surface area contributed by atoms with Crippen molar-refractivity contribution in [1.29, 1.82) is 0 Å². The molecule has 1 N–H and O–H groups in total. The zero-order valence-electron chi connectivity index (χ0n) is 19.1. The predicted octanol–water partition coefficient (Wildman–Crippen LogP) is 5.15. The van der Waals surface area contributed by atoms with Gasteiger partial charge in [-0.2, -0.15) is 0 Å². The molecule has 2 saturated heterocycles. The normalized spacial score (nSPS) is 28.2. The Kier molecular flexibility index (Phi) is 9.23. The van der Waals surface area contributed by atoms with Gasteiger partial charge in [-0.25, -0.2) is 0 Å². The van der Waals surface area contributed by atoms with Crippen LogP contribution in [-0.4, -0.2) is 58.6 Å². The maximum atomic E-state index is 13.1. The number of aliphatic hydroxyl groups excluding tert-OH is 1. The number of fused-ring (bicyclic) bond motifs is 1. The van der Waals surface area contributed by atoms with Gasteiger partial charge in [-0.05, 0) is 81.1 Å². The van der Waals surface area contributed by atoms with Gasteiger partial charge in [0.25, 0.3) is 5.91 Å². The Hall–Kier alpha value is -1.59. The van der Waals surface area contributed by atoms with Crippen molar-refractivity contribution in [1.82, 2.24) is 9.80 Å². The highest BCUT2D eigenvalue weighted by Crippen LogP contribution is 2.39. The molecule has 4 atom stereocenters. The molecular formula is C27H36Cl2N2O2. The smallest absolute Gasteiger partial charge is 0.254 e. The van der Waals surface area contributed by atoms with Gasteiger partial charge in [0.1, 0.15) is 0 Å². The van der Waals surface area contributed by atoms with Crippen molar-refractivity contribution in [2.24, 2.45) is 5.92 Å². The summed E-state index contributed by atoms with van der Waals surface area (Å²) in [6.45, 7) is 2.94. The number of carbonyl (C=O) groups excluding carboxylic acids is 1. The van der Waals surface area contributed by atoms with Crippen LogP contribution < -0.4 is 0 Å². The second kappa shape index (κ2) is 11.7. The number of piperidine rings is 2. The molecule has 33 heavy (non-hydrogen) atoms. The number of carbonyl (C=O) groups is 1. The van der Waals surface area contributed by atoms with Crippen molar-refractivity contribution in [3.63, 3.8) is 0 Å². The lowest BCUT2D eigenvalue weighted by atomic mass is 9.73. The minimum absolute atomic E-state index is 0. The zero-order chi connectivity index (χ0) is 21.2. The van der Waals surface area contributed by atoms with Gasteiger partial charge >= 0.3 is 0 Å². The number of nitrogens with zero attached hydrogens (tertiary/aromatic N) is 2. The van der Waals surface area contributed by atoms with Crippen molar-refractivity contribution in [3.8, 4) is 0 Å². The van der Waals surface area contributed by atoms with Gasteiger partial charge in [-0.1, -0.05) is 48.5 Å². The van der Waals surface area contributed by atoms with Crippen LogP contribution in [0.1, 0.15) is 60.4 Å². The van der Waals surface area contributed by atoms with E-state index in [-0.39, 0.29) is 48.9 Å². The number of hydrogen-bond acceptors (Lipinski definition) is 3. The van der Waals surface area contributed by atoms with Crippen molar-refractivity contribution in [2.45, 2.75) is 62.6 Å². The summed E-state index contributed by atoms with van der Waals surface area (Å²) in [5, 5.41) is 11.1. The summed E-state index contributed by atoms with van der Waals surface area (Å²) in [5.74, 6) is 1.27. The number of halogens is 2. The van der Waals surface area contributed by atoms with Gasteiger partial charge in [-0.3, -0.25) is 9.69 Å². The lowest BCUT2D eigenvalue weighted by Crippen LogP contribution is -2.59. The number of hydrogen-bond donors (Lipinski definition) is 1. The number of likely N-dealkylation sites (tertiary alicyclic amines) is 2. The molecule has 6 heteroatoms. The molecule has 0 radical (unpaired) electrons. The first kappa shape index (κ1) is 26.0. The van der Waals surface area contributed by atoms with Gasteiger partial charge in [0.2, 0.25) is 0 Å². The summed E-state index contributed by atoms with van der Waals surface area (Å²) in [6.07, 6.45) is 5.96. The zero-order valence-corrected chi connectivity index (χ0v) is 20.7. The quantitative estimate of drug-likeness (QED) is 0.646. The van der Waals surface area contributed by atoms with Crippen LogP contribution in [0.2, 0.25) is 0 Å². The maximum absolute atomic E-state index is 13.1. The molecule has 2 aliphatic heterocycles. The SMILES string of the molecule is Cl.Cl.O=C(c1ccccc1)N1CCCC2CC(N3CCC(c4ccccc4)CC3)C(O)CC21. The van der Waals surface area contributed by atoms with E-state index < -0.39 is 0 Å². The van der Waals surface area contributed by atoms with E-state index in [1.54, 1.807) is 0 Å². The van der Waals surface area contributed by atoms with E-state index in [0.29, 0.717) is 18.3 Å². The summed E-state index contributed by atoms with van der Waals surface area (Å²) in [7, 11) is 0. The van der Waals surface area contributed by atoms with Crippen LogP contribution in [0.15, 0.2) is 60.7 Å². The molecule has 2 aromatic carbocycles. The molecule has 1 amide bonds. The Labute approximate surface area is 210 Å². The van der Waals surface area contributed by atoms with Gasteiger partial charge < -0.3 is 10.0 Å². The maximum Gasteiger partial charge on any atom is 0.254 e. The van der Waals surface area contributed by atoms with E-state index in [1.165, 1.54) is 24.8 Å². The monoisotopic (exact) mass is 490 g/mol. The largest absolute Gasteiger partial charge is 0.391 e. The fourth-order valence-corrected chi connectivity index (χ4v) is 6.28. The third-order valence-electron chi connectivity index (χ3n) is 7.94. The third kappa shape index (κ3) is 5.57. The molecule has 1 aliphatic carbocycles. The topological polar surface area (TPSA) is 43.8 Å². The molecule has 1 saturated carbocycles. The Morgan fingerprint density at radius 2 is 1.42 bits per heavy atom. The lowest BCUT2D eigenvalue weighted by Gasteiger charge is -2.51. The van der Waals surface area contributed by atoms with E-state index in [9.17, 15) is 9.90 Å². The van der Waals surface area contributed by atoms with E-state index in [4.69, 9.17) is 0 Å². The molecular weight excluding hydrogens is 455 g/mol. The Bertz CT molecular complexity index is 874. The van der Waals surface area contributed by atoms with E-state index in [0.717, 1.165) is 38.0 Å². The Morgan fingerprint density at radius 1 is 0.788 bits per heavy atom. The molecule has 180 valence electrons. The summed E-state index contributed by atoms with van der Waals surface area (Å²) >= 11 is 0. The molecule has 0 bridgehead atoms. The van der Waals surface area contributed by atoms with Crippen LogP contribution in [0.5, 0.6) is 0 Å². The van der Waals surface area contributed by atoms with E-state index in [2.05, 4.69) is 40.1 Å². The van der Waals surface area contributed by atoms with Gasteiger partial charge in [0.15, 0.2) is 0 Å². The summed E-state index contributed by atoms with van der Waals surface area (Å²) in [5.41, 5.74) is 2.22. The van der Waals surface area contributed by atoms with Crippen molar-refractivity contribution < 1.29 is 9.90 Å². The van der Waals surface area contributed by atoms with Crippen LogP contribution >= 0.6 is 24.8 Å². The molecule has 3 aliphatic rings. The minimum Gasteiger partial charge on any atom is -0.391 e. The molecule has 4 unspecified atom stereocenters. The molecule has 3 fully saturated rings. The van der Waals surface area contributed by atoms with E-state index >= 15 is 0 Å². The number of amides is 1. The molecule has 2 aromatic rings. The highest BCUT2D eigenvalue weighted by molar-refractivity contribution is 5.94. The van der Waals surface area contributed by atoms with Crippen molar-refractivity contribution >= 4 is 30.7 Å². The van der Waals surface area contributed by atoms with E-state index in [1.807, 2.05) is 30.3 Å². The fraction of sp³-hybridized carbons (Fsp3) is 0.519. The van der Waals surface area contributed by atoms with Crippen molar-refractivity contribution in [2.75, 3.05) is 19.6 Å². The summed E-state index contributed by atoms with van der Waals surface area (Å²) in [6, 6.07) is 20.9. The summed E-state index contributed by atoms with van der Waals surface area (Å²) < 4.78 is 0. The average Bonchev–Trinajstić information content (AvgIpc) is 2.84. The van der Waals surface area contributed by atoms with Crippen LogP contribution in [0, 0.1) is 5.92 Å². The lowest BCUT2D eigenvalue weighted by molar-refractivity contribution is -0.0513. The molecule has 4 nitrogen and oxygen atoms in total. The highest BCUT2D eigenvalue weighted by Gasteiger charge is 2.44. The first-order valence-corrected chi connectivity index (χ1v) is 12.0. The number of benzene rings is 2. The average molecular weight is 492 g/mol. The minimum atomic E-state index is -0.348. The number of aliphatic hydroxyl groups is 1. The Balaban J connectivity index is 0.00000153. The summed E-state index contributed by atoms with van der Waals surface area (Å²) in [4.78, 5) is 17.7. The molecule has 2 heterocycles. The first-order valence-electron chi connectivity index (χ1n) is 12.0. The van der Waals surface area contributed by atoms with Gasteiger partial charge in [-0.15, -0.1) is 24.8 Å². The first-order chi connectivity index (χ1) is 15.2. The van der Waals surface area contributed by atoms with Crippen LogP contribution in [0.3, 0.4) is 0 Å². The number of rotatable bonds is 3.